The highest BCUT2D eigenvalue weighted by Gasteiger charge is 2.22. The number of thioether (sulfide) groups is 1. The van der Waals surface area contributed by atoms with Crippen LogP contribution >= 0.6 is 11.8 Å². The summed E-state index contributed by atoms with van der Waals surface area (Å²) in [5.74, 6) is 0.974. The van der Waals surface area contributed by atoms with Crippen molar-refractivity contribution in [3.8, 4) is 0 Å². The number of anilines is 1. The molecule has 2 amide bonds. The Morgan fingerprint density at radius 1 is 1.22 bits per heavy atom. The summed E-state index contributed by atoms with van der Waals surface area (Å²) in [4.78, 5) is 23.8. The molecule has 0 aliphatic carbocycles. The number of nitrogens with one attached hydrogen (secondary N) is 3. The van der Waals surface area contributed by atoms with Crippen LogP contribution in [0.2, 0.25) is 0 Å². The van der Waals surface area contributed by atoms with Gasteiger partial charge in [-0.1, -0.05) is 24.6 Å². The molecule has 1 aromatic rings. The molecule has 2 unspecified atom stereocenters. The Morgan fingerprint density at radius 2 is 1.91 bits per heavy atom. The van der Waals surface area contributed by atoms with Crippen LogP contribution in [0, 0.1) is 12.8 Å². The molecule has 1 aliphatic heterocycles. The van der Waals surface area contributed by atoms with Crippen molar-refractivity contribution in [3.05, 3.63) is 29.8 Å². The van der Waals surface area contributed by atoms with Crippen molar-refractivity contribution in [3.63, 3.8) is 0 Å². The monoisotopic (exact) mass is 335 g/mol. The van der Waals surface area contributed by atoms with Crippen LogP contribution in [0.3, 0.4) is 0 Å². The number of aryl methyl sites for hydroxylation is 1. The minimum Gasteiger partial charge on any atom is -0.352 e. The number of amides is 2. The van der Waals surface area contributed by atoms with E-state index in [1.54, 1.807) is 0 Å². The molecule has 2 rings (SSSR count). The molecule has 0 spiro atoms. The van der Waals surface area contributed by atoms with Gasteiger partial charge in [-0.05, 0) is 44.5 Å². The van der Waals surface area contributed by atoms with Gasteiger partial charge in [-0.3, -0.25) is 9.59 Å². The summed E-state index contributed by atoms with van der Waals surface area (Å²) in [5.41, 5.74) is 1.94. The van der Waals surface area contributed by atoms with E-state index in [-0.39, 0.29) is 23.6 Å². The molecule has 0 radical (unpaired) electrons. The summed E-state index contributed by atoms with van der Waals surface area (Å²) in [6, 6.07) is 7.91. The zero-order chi connectivity index (χ0) is 16.7. The Hall–Kier alpha value is -1.53. The number of benzene rings is 1. The predicted octanol–water partition coefficient (Wildman–Crippen LogP) is 1.78. The lowest BCUT2D eigenvalue weighted by molar-refractivity contribution is -0.119. The van der Waals surface area contributed by atoms with Crippen LogP contribution in [-0.2, 0) is 9.59 Å². The van der Waals surface area contributed by atoms with Gasteiger partial charge < -0.3 is 16.0 Å². The number of rotatable bonds is 6. The van der Waals surface area contributed by atoms with Crippen LogP contribution in [0.15, 0.2) is 24.3 Å². The fourth-order valence-electron chi connectivity index (χ4n) is 2.55. The van der Waals surface area contributed by atoms with Gasteiger partial charge >= 0.3 is 0 Å². The third-order valence-corrected chi connectivity index (χ3v) is 4.87. The van der Waals surface area contributed by atoms with Gasteiger partial charge in [0.1, 0.15) is 0 Å². The van der Waals surface area contributed by atoms with Crippen molar-refractivity contribution in [2.45, 2.75) is 26.3 Å². The molecule has 3 N–H and O–H groups in total. The van der Waals surface area contributed by atoms with E-state index in [2.05, 4.69) is 22.9 Å². The Morgan fingerprint density at radius 3 is 2.61 bits per heavy atom. The van der Waals surface area contributed by atoms with Gasteiger partial charge in [0.15, 0.2) is 0 Å². The molecule has 1 aliphatic rings. The largest absolute Gasteiger partial charge is 0.352 e. The van der Waals surface area contributed by atoms with Crippen molar-refractivity contribution >= 4 is 29.3 Å². The van der Waals surface area contributed by atoms with Crippen molar-refractivity contribution in [1.29, 1.82) is 0 Å². The lowest BCUT2D eigenvalue weighted by Gasteiger charge is -2.30. The average molecular weight is 335 g/mol. The number of carbonyl (C=O) groups excluding carboxylic acids is 2. The fraction of sp³-hybridized carbons (Fsp3) is 0.529. The van der Waals surface area contributed by atoms with Gasteiger partial charge in [-0.15, -0.1) is 11.8 Å². The molecule has 6 heteroatoms. The number of hydrogen-bond acceptors (Lipinski definition) is 4. The summed E-state index contributed by atoms with van der Waals surface area (Å²) in [6.07, 6.45) is 0.964. The molecule has 1 saturated heterocycles. The summed E-state index contributed by atoms with van der Waals surface area (Å²) >= 11 is 1.34. The number of hydrogen-bond donors (Lipinski definition) is 3. The van der Waals surface area contributed by atoms with Crippen molar-refractivity contribution in [2.75, 3.05) is 29.9 Å². The van der Waals surface area contributed by atoms with E-state index in [0.29, 0.717) is 11.7 Å². The van der Waals surface area contributed by atoms with Gasteiger partial charge in [0.05, 0.1) is 11.5 Å². The molecular formula is C17H25N3O2S. The second kappa shape index (κ2) is 8.93. The van der Waals surface area contributed by atoms with Crippen LogP contribution in [0.25, 0.3) is 0 Å². The van der Waals surface area contributed by atoms with Gasteiger partial charge in [0.25, 0.3) is 0 Å². The summed E-state index contributed by atoms with van der Waals surface area (Å²) in [7, 11) is 0. The standard InChI is InChI=1S/C17H25N3O2S/c1-12-3-5-14(6-4-12)19-16(21)10-23-11-17(22)20-15-7-8-18-9-13(15)2/h3-6,13,15,18H,7-11H2,1-2H3,(H,19,21)(H,20,22). The van der Waals surface area contributed by atoms with Crippen LogP contribution in [0.4, 0.5) is 5.69 Å². The minimum atomic E-state index is -0.0816. The highest BCUT2D eigenvalue weighted by molar-refractivity contribution is 8.00. The number of carbonyl (C=O) groups is 2. The molecule has 2 atom stereocenters. The first-order valence-electron chi connectivity index (χ1n) is 7.99. The molecule has 1 heterocycles. The van der Waals surface area contributed by atoms with E-state index < -0.39 is 0 Å². The Labute approximate surface area is 142 Å². The van der Waals surface area contributed by atoms with E-state index in [1.165, 1.54) is 11.8 Å². The van der Waals surface area contributed by atoms with E-state index >= 15 is 0 Å². The van der Waals surface area contributed by atoms with Crippen LogP contribution in [0.5, 0.6) is 0 Å². The molecule has 1 fully saturated rings. The zero-order valence-corrected chi connectivity index (χ0v) is 14.5. The van der Waals surface area contributed by atoms with E-state index in [9.17, 15) is 9.59 Å². The molecule has 23 heavy (non-hydrogen) atoms. The number of piperidine rings is 1. The summed E-state index contributed by atoms with van der Waals surface area (Å²) in [6.45, 7) is 6.03. The summed E-state index contributed by atoms with van der Waals surface area (Å²) in [5, 5.41) is 9.21. The first kappa shape index (κ1) is 17.8. The molecule has 0 bridgehead atoms. The molecule has 1 aromatic carbocycles. The summed E-state index contributed by atoms with van der Waals surface area (Å²) < 4.78 is 0. The maximum absolute atomic E-state index is 12.0. The maximum atomic E-state index is 12.0. The topological polar surface area (TPSA) is 70.2 Å². The third kappa shape index (κ3) is 6.23. The van der Waals surface area contributed by atoms with Crippen molar-refractivity contribution < 1.29 is 9.59 Å². The lowest BCUT2D eigenvalue weighted by atomic mass is 9.95. The second-order valence-electron chi connectivity index (χ2n) is 6.05. The van der Waals surface area contributed by atoms with E-state index in [0.717, 1.165) is 30.8 Å². The molecule has 5 nitrogen and oxygen atoms in total. The van der Waals surface area contributed by atoms with Gasteiger partial charge in [0.2, 0.25) is 11.8 Å². The highest BCUT2D eigenvalue weighted by Crippen LogP contribution is 2.12. The van der Waals surface area contributed by atoms with Gasteiger partial charge in [0, 0.05) is 11.7 Å². The van der Waals surface area contributed by atoms with Crippen molar-refractivity contribution in [1.82, 2.24) is 10.6 Å². The smallest absolute Gasteiger partial charge is 0.234 e. The zero-order valence-electron chi connectivity index (χ0n) is 13.7. The maximum Gasteiger partial charge on any atom is 0.234 e. The van der Waals surface area contributed by atoms with Crippen LogP contribution < -0.4 is 16.0 Å². The van der Waals surface area contributed by atoms with Gasteiger partial charge in [-0.2, -0.15) is 0 Å². The van der Waals surface area contributed by atoms with Crippen molar-refractivity contribution in [2.24, 2.45) is 5.92 Å². The average Bonchev–Trinajstić information content (AvgIpc) is 2.52. The van der Waals surface area contributed by atoms with Crippen LogP contribution in [0.1, 0.15) is 18.9 Å². The Balaban J connectivity index is 1.64. The highest BCUT2D eigenvalue weighted by atomic mass is 32.2. The minimum absolute atomic E-state index is 0.0110. The van der Waals surface area contributed by atoms with Gasteiger partial charge in [-0.25, -0.2) is 0 Å². The fourth-order valence-corrected chi connectivity index (χ4v) is 3.18. The third-order valence-electron chi connectivity index (χ3n) is 3.93. The molecule has 126 valence electrons. The second-order valence-corrected chi connectivity index (χ2v) is 7.04. The van der Waals surface area contributed by atoms with E-state index in [4.69, 9.17) is 0 Å². The van der Waals surface area contributed by atoms with E-state index in [1.807, 2.05) is 31.2 Å². The molecule has 0 aromatic heterocycles. The molecular weight excluding hydrogens is 310 g/mol. The Kier molecular flexibility index (Phi) is 6.92. The predicted molar refractivity (Wildman–Crippen MR) is 95.7 cm³/mol. The Bertz CT molecular complexity index is 533. The first-order chi connectivity index (χ1) is 11.0. The lowest BCUT2D eigenvalue weighted by Crippen LogP contribution is -2.48. The first-order valence-corrected chi connectivity index (χ1v) is 9.14. The van der Waals surface area contributed by atoms with Crippen LogP contribution in [-0.4, -0.2) is 42.5 Å². The molecule has 0 saturated carbocycles. The normalized spacial score (nSPS) is 20.8. The quantitative estimate of drug-likeness (QED) is 0.741. The SMILES string of the molecule is Cc1ccc(NC(=O)CSCC(=O)NC2CCNCC2C)cc1.